The van der Waals surface area contributed by atoms with Gasteiger partial charge in [0.1, 0.15) is 8.07 Å². The first-order valence-corrected chi connectivity index (χ1v) is 13.0. The third-order valence-electron chi connectivity index (χ3n) is 5.88. The lowest BCUT2D eigenvalue weighted by Crippen LogP contribution is -2.48. The molecule has 0 aromatic heterocycles. The lowest BCUT2D eigenvalue weighted by molar-refractivity contribution is 0.0968. The molecule has 3 aromatic carbocycles. The minimum atomic E-state index is -1.77. The van der Waals surface area contributed by atoms with Crippen molar-refractivity contribution in [2.45, 2.75) is 37.3 Å². The van der Waals surface area contributed by atoms with Crippen molar-refractivity contribution >= 4 is 19.0 Å². The molecule has 0 bridgehead atoms. The Bertz CT molecular complexity index is 923. The van der Waals surface area contributed by atoms with E-state index in [-0.39, 0.29) is 23.5 Å². The predicted molar refractivity (Wildman–Crippen MR) is 117 cm³/mol. The largest absolute Gasteiger partial charge is 0.372 e. The first-order valence-electron chi connectivity index (χ1n) is 9.91. The molecule has 1 saturated heterocycles. The molecule has 0 saturated carbocycles. The van der Waals surface area contributed by atoms with Crippen LogP contribution in [0.5, 0.6) is 0 Å². The van der Waals surface area contributed by atoms with Crippen LogP contribution >= 0.6 is 0 Å². The van der Waals surface area contributed by atoms with Crippen molar-refractivity contribution in [1.82, 2.24) is 0 Å². The normalized spacial score (nSPS) is 19.8. The second-order valence-corrected chi connectivity index (χ2v) is 12.7. The van der Waals surface area contributed by atoms with Crippen molar-refractivity contribution in [3.05, 3.63) is 102 Å². The Kier molecular flexibility index (Phi) is 5.29. The summed E-state index contributed by atoms with van der Waals surface area (Å²) in [4.78, 5) is 12.9. The van der Waals surface area contributed by atoms with Crippen LogP contribution in [0.25, 0.3) is 0 Å². The van der Waals surface area contributed by atoms with Gasteiger partial charge in [-0.25, -0.2) is 0 Å². The number of ketones is 1. The Morgan fingerprint density at radius 3 is 2.00 bits per heavy atom. The zero-order valence-electron chi connectivity index (χ0n) is 16.4. The summed E-state index contributed by atoms with van der Waals surface area (Å²) >= 11 is 0. The van der Waals surface area contributed by atoms with Crippen molar-refractivity contribution in [3.8, 4) is 0 Å². The van der Waals surface area contributed by atoms with Crippen LogP contribution in [-0.4, -0.2) is 25.7 Å². The van der Waals surface area contributed by atoms with Gasteiger partial charge in [-0.2, -0.15) is 0 Å². The fraction of sp³-hybridized carbons (Fsp3) is 0.240. The Labute approximate surface area is 168 Å². The van der Waals surface area contributed by atoms with Crippen LogP contribution in [0.15, 0.2) is 91.0 Å². The third kappa shape index (κ3) is 3.86. The Morgan fingerprint density at radius 1 is 0.857 bits per heavy atom. The summed E-state index contributed by atoms with van der Waals surface area (Å²) in [5, 5.41) is 1.41. The van der Waals surface area contributed by atoms with E-state index < -0.39 is 8.07 Å². The second kappa shape index (κ2) is 7.86. The van der Waals surface area contributed by atoms with Crippen molar-refractivity contribution in [2.24, 2.45) is 0 Å². The van der Waals surface area contributed by atoms with Gasteiger partial charge in [-0.1, -0.05) is 109 Å². The van der Waals surface area contributed by atoms with E-state index in [0.29, 0.717) is 6.42 Å². The molecule has 0 spiro atoms. The van der Waals surface area contributed by atoms with Gasteiger partial charge >= 0.3 is 0 Å². The first-order chi connectivity index (χ1) is 13.6. The van der Waals surface area contributed by atoms with Gasteiger partial charge in [0, 0.05) is 17.9 Å². The van der Waals surface area contributed by atoms with Gasteiger partial charge in [0.25, 0.3) is 0 Å². The molecule has 0 aliphatic carbocycles. The molecule has 0 amide bonds. The molecule has 3 atom stereocenters. The van der Waals surface area contributed by atoms with Gasteiger partial charge in [0.15, 0.2) is 5.78 Å². The van der Waals surface area contributed by atoms with Gasteiger partial charge < -0.3 is 4.74 Å². The maximum atomic E-state index is 12.9. The predicted octanol–water partition coefficient (Wildman–Crippen LogP) is 4.97. The van der Waals surface area contributed by atoms with Crippen molar-refractivity contribution < 1.29 is 9.53 Å². The summed E-state index contributed by atoms with van der Waals surface area (Å²) in [5.74, 6) is 0.275. The van der Waals surface area contributed by atoms with Crippen molar-refractivity contribution in [1.29, 1.82) is 0 Å². The molecule has 3 heteroatoms. The average Bonchev–Trinajstić information content (AvgIpc) is 3.55. The number of hydrogen-bond acceptors (Lipinski definition) is 2. The monoisotopic (exact) mass is 386 g/mol. The maximum absolute atomic E-state index is 12.9. The number of benzene rings is 3. The molecular weight excluding hydrogens is 360 g/mol. The van der Waals surface area contributed by atoms with Gasteiger partial charge in [0.2, 0.25) is 0 Å². The van der Waals surface area contributed by atoms with Crippen LogP contribution in [-0.2, 0) is 4.74 Å². The number of carbonyl (C=O) groups is 1. The third-order valence-corrected chi connectivity index (χ3v) is 9.59. The summed E-state index contributed by atoms with van der Waals surface area (Å²) in [5.41, 5.74) is 2.21. The van der Waals surface area contributed by atoms with E-state index in [1.165, 1.54) is 10.8 Å². The first kappa shape index (κ1) is 18.9. The maximum Gasteiger partial charge on any atom is 0.163 e. The lowest BCUT2D eigenvalue weighted by atomic mass is 9.89. The van der Waals surface area contributed by atoms with Gasteiger partial charge in [0.05, 0.1) is 11.8 Å². The second-order valence-electron chi connectivity index (χ2n) is 8.12. The topological polar surface area (TPSA) is 29.6 Å². The molecule has 1 aliphatic rings. The number of Topliss-reactive ketones (excluding diaryl/α,β-unsaturated/α-hetero) is 1. The minimum Gasteiger partial charge on any atom is -0.372 e. The highest BCUT2D eigenvalue weighted by Gasteiger charge is 2.55. The quantitative estimate of drug-likeness (QED) is 0.326. The number of rotatable bonds is 7. The molecule has 0 N–H and O–H groups in total. The molecule has 0 radical (unpaired) electrons. The van der Waals surface area contributed by atoms with Gasteiger partial charge in [-0.05, 0) is 5.56 Å². The lowest BCUT2D eigenvalue weighted by Gasteiger charge is -2.22. The molecule has 142 valence electrons. The number of hydrogen-bond donors (Lipinski definition) is 0. The summed E-state index contributed by atoms with van der Waals surface area (Å²) in [6, 6.07) is 30.7. The van der Waals surface area contributed by atoms with E-state index in [1.807, 2.05) is 48.5 Å². The fourth-order valence-corrected chi connectivity index (χ4v) is 7.04. The number of carbonyl (C=O) groups excluding carboxylic acids is 1. The highest BCUT2D eigenvalue weighted by molar-refractivity contribution is 6.91. The molecule has 0 unspecified atom stereocenters. The number of ether oxygens (including phenoxy) is 1. The number of epoxide rings is 1. The Balaban J connectivity index is 1.58. The standard InChI is InChI=1S/C25H26O2Si/c1-28(2,21-16-10-5-11-17-21)25-24(27-25)22(19-12-6-3-7-13-19)18-23(26)20-14-8-4-9-15-20/h3-17,22,24-25H,18H2,1-2H3/t22-,24+,25-/m0/s1. The summed E-state index contributed by atoms with van der Waals surface area (Å²) in [7, 11) is -1.77. The molecule has 28 heavy (non-hydrogen) atoms. The van der Waals surface area contributed by atoms with E-state index >= 15 is 0 Å². The zero-order valence-corrected chi connectivity index (χ0v) is 17.4. The summed E-state index contributed by atoms with van der Waals surface area (Å²) in [6.45, 7) is 4.74. The van der Waals surface area contributed by atoms with E-state index in [1.54, 1.807) is 0 Å². The smallest absolute Gasteiger partial charge is 0.163 e. The highest BCUT2D eigenvalue weighted by atomic mass is 28.3. The average molecular weight is 387 g/mol. The van der Waals surface area contributed by atoms with E-state index in [2.05, 4.69) is 55.6 Å². The Hall–Kier alpha value is -2.49. The van der Waals surface area contributed by atoms with Crippen LogP contribution in [0, 0.1) is 0 Å². The van der Waals surface area contributed by atoms with Crippen LogP contribution < -0.4 is 5.19 Å². The molecule has 1 aliphatic heterocycles. The molecular formula is C25H26O2Si. The molecule has 4 rings (SSSR count). The van der Waals surface area contributed by atoms with Crippen molar-refractivity contribution in [3.63, 3.8) is 0 Å². The molecule has 2 nitrogen and oxygen atoms in total. The molecule has 1 heterocycles. The highest BCUT2D eigenvalue weighted by Crippen LogP contribution is 2.43. The van der Waals surface area contributed by atoms with Gasteiger partial charge in [-0.15, -0.1) is 0 Å². The molecule has 1 fully saturated rings. The van der Waals surface area contributed by atoms with E-state index in [0.717, 1.165) is 5.56 Å². The molecule has 3 aromatic rings. The van der Waals surface area contributed by atoms with E-state index in [9.17, 15) is 4.79 Å². The SMILES string of the molecule is C[Si](C)(c1ccccc1)[C@@H]1O[C@@H]1[C@@H](CC(=O)c1ccccc1)c1ccccc1. The fourth-order valence-electron chi connectivity index (χ4n) is 4.11. The van der Waals surface area contributed by atoms with Crippen LogP contribution in [0.3, 0.4) is 0 Å². The van der Waals surface area contributed by atoms with Crippen LogP contribution in [0.2, 0.25) is 13.1 Å². The van der Waals surface area contributed by atoms with Gasteiger partial charge in [-0.3, -0.25) is 4.79 Å². The minimum absolute atomic E-state index is 0.0920. The zero-order chi connectivity index (χ0) is 19.6. The van der Waals surface area contributed by atoms with E-state index in [4.69, 9.17) is 4.74 Å². The summed E-state index contributed by atoms with van der Waals surface area (Å²) in [6.07, 6.45) is 0.589. The summed E-state index contributed by atoms with van der Waals surface area (Å²) < 4.78 is 6.30. The van der Waals surface area contributed by atoms with Crippen LogP contribution in [0.1, 0.15) is 28.3 Å². The Morgan fingerprint density at radius 2 is 1.39 bits per heavy atom. The van der Waals surface area contributed by atoms with Crippen molar-refractivity contribution in [2.75, 3.05) is 0 Å². The van der Waals surface area contributed by atoms with Crippen LogP contribution in [0.4, 0.5) is 0 Å².